The first kappa shape index (κ1) is 10.3. The van der Waals surface area contributed by atoms with Crippen LogP contribution in [-0.2, 0) is 4.74 Å². The third-order valence-corrected chi connectivity index (χ3v) is 1.60. The van der Waals surface area contributed by atoms with E-state index in [4.69, 9.17) is 4.74 Å². The monoisotopic (exact) mass is 199 g/mol. The van der Waals surface area contributed by atoms with E-state index in [1.165, 1.54) is 0 Å². The molecule has 76 valence electrons. The fourth-order valence-corrected chi connectivity index (χ4v) is 1.00. The van der Waals surface area contributed by atoms with E-state index in [1.54, 1.807) is 0 Å². The third kappa shape index (κ3) is 3.63. The smallest absolute Gasteiger partial charge is 0.378 e. The van der Waals surface area contributed by atoms with Gasteiger partial charge in [-0.2, -0.15) is 17.6 Å². The second-order valence-electron chi connectivity index (χ2n) is 2.61. The van der Waals surface area contributed by atoms with Gasteiger partial charge in [0.05, 0.1) is 19.3 Å². The molecule has 6 heteroatoms. The lowest BCUT2D eigenvalue weighted by Crippen LogP contribution is -2.35. The zero-order valence-corrected chi connectivity index (χ0v) is 6.77. The van der Waals surface area contributed by atoms with E-state index in [9.17, 15) is 17.6 Å². The van der Waals surface area contributed by atoms with Crippen LogP contribution in [0, 0.1) is 0 Å². The van der Waals surface area contributed by atoms with Crippen molar-refractivity contribution in [1.82, 2.24) is 4.90 Å². The van der Waals surface area contributed by atoms with Gasteiger partial charge in [0.2, 0.25) is 0 Å². The molecule has 1 heterocycles. The topological polar surface area (TPSA) is 12.5 Å². The van der Waals surface area contributed by atoms with Gasteiger partial charge in [-0.05, 0) is 0 Å². The fraction of sp³-hybridized carbons (Fsp3) is 0.714. The molecule has 0 unspecified atom stereocenters. The highest BCUT2D eigenvalue weighted by molar-refractivity contribution is 4.97. The number of allylic oxidation sites excluding steroid dienone is 1. The zero-order valence-electron chi connectivity index (χ0n) is 6.77. The van der Waals surface area contributed by atoms with Crippen molar-refractivity contribution >= 4 is 0 Å². The molecule has 1 aliphatic rings. The minimum absolute atomic E-state index is 0.165. The molecular weight excluding hydrogens is 190 g/mol. The Morgan fingerprint density at radius 3 is 2.23 bits per heavy atom. The standard InChI is InChI=1S/C7H9F4NO/c8-6(5-7(9,10)11)12-1-3-13-4-2-12/h5H,1-4H2. The van der Waals surface area contributed by atoms with E-state index < -0.39 is 12.1 Å². The summed E-state index contributed by atoms with van der Waals surface area (Å²) in [7, 11) is 0. The zero-order chi connectivity index (χ0) is 9.90. The minimum atomic E-state index is -4.59. The molecule has 2 nitrogen and oxygen atoms in total. The Hall–Kier alpha value is -0.780. The first-order chi connectivity index (χ1) is 5.99. The van der Waals surface area contributed by atoms with Gasteiger partial charge < -0.3 is 9.64 Å². The predicted molar refractivity (Wildman–Crippen MR) is 37.6 cm³/mol. The van der Waals surface area contributed by atoms with Gasteiger partial charge in [0.25, 0.3) is 0 Å². The van der Waals surface area contributed by atoms with E-state index in [0.717, 1.165) is 4.90 Å². The van der Waals surface area contributed by atoms with Crippen LogP contribution in [0.3, 0.4) is 0 Å². The molecule has 0 spiro atoms. The maximum Gasteiger partial charge on any atom is 0.414 e. The first-order valence-electron chi connectivity index (χ1n) is 3.77. The van der Waals surface area contributed by atoms with Gasteiger partial charge in [0.1, 0.15) is 0 Å². The number of hydrogen-bond acceptors (Lipinski definition) is 2. The van der Waals surface area contributed by atoms with Crippen LogP contribution in [-0.4, -0.2) is 37.4 Å². The molecule has 0 radical (unpaired) electrons. The van der Waals surface area contributed by atoms with Gasteiger partial charge in [-0.15, -0.1) is 0 Å². The van der Waals surface area contributed by atoms with E-state index in [2.05, 4.69) is 0 Å². The van der Waals surface area contributed by atoms with Crippen LogP contribution >= 0.6 is 0 Å². The Kier molecular flexibility index (Phi) is 3.13. The predicted octanol–water partition coefficient (Wildman–Crippen LogP) is 1.69. The van der Waals surface area contributed by atoms with E-state index in [0.29, 0.717) is 0 Å². The molecule has 0 aromatic rings. The van der Waals surface area contributed by atoms with Gasteiger partial charge in [-0.25, -0.2) is 0 Å². The molecule has 13 heavy (non-hydrogen) atoms. The van der Waals surface area contributed by atoms with E-state index >= 15 is 0 Å². The lowest BCUT2D eigenvalue weighted by Gasteiger charge is -2.26. The van der Waals surface area contributed by atoms with E-state index in [-0.39, 0.29) is 32.4 Å². The van der Waals surface area contributed by atoms with Crippen LogP contribution in [0.5, 0.6) is 0 Å². The van der Waals surface area contributed by atoms with Crippen molar-refractivity contribution < 1.29 is 22.3 Å². The Morgan fingerprint density at radius 1 is 1.23 bits per heavy atom. The van der Waals surface area contributed by atoms with Crippen LogP contribution in [0.15, 0.2) is 12.0 Å². The lowest BCUT2D eigenvalue weighted by molar-refractivity contribution is -0.0839. The molecule has 0 saturated carbocycles. The molecule has 1 rings (SSSR count). The Morgan fingerprint density at radius 2 is 1.77 bits per heavy atom. The average molecular weight is 199 g/mol. The highest BCUT2D eigenvalue weighted by atomic mass is 19.4. The number of morpholine rings is 1. The highest BCUT2D eigenvalue weighted by Gasteiger charge is 2.27. The summed E-state index contributed by atoms with van der Waals surface area (Å²) in [5, 5.41) is 0. The summed E-state index contributed by atoms with van der Waals surface area (Å²) in [6, 6.07) is 0. The summed E-state index contributed by atoms with van der Waals surface area (Å²) in [4.78, 5) is 1.01. The third-order valence-electron chi connectivity index (χ3n) is 1.60. The molecule has 0 aromatic carbocycles. The van der Waals surface area contributed by atoms with Crippen molar-refractivity contribution in [3.63, 3.8) is 0 Å². The second-order valence-corrected chi connectivity index (χ2v) is 2.61. The molecule has 0 atom stereocenters. The van der Waals surface area contributed by atoms with Crippen LogP contribution in [0.1, 0.15) is 0 Å². The normalized spacial score (nSPS) is 20.6. The average Bonchev–Trinajstić information content (AvgIpc) is 2.03. The number of halogens is 4. The maximum atomic E-state index is 12.8. The molecule has 0 aromatic heterocycles. The van der Waals surface area contributed by atoms with Crippen LogP contribution in [0.25, 0.3) is 0 Å². The highest BCUT2D eigenvalue weighted by Crippen LogP contribution is 2.21. The molecule has 0 N–H and O–H groups in total. The molecule has 1 fully saturated rings. The van der Waals surface area contributed by atoms with Crippen LogP contribution < -0.4 is 0 Å². The molecule has 0 amide bonds. The van der Waals surface area contributed by atoms with Gasteiger partial charge in [-0.1, -0.05) is 0 Å². The Bertz CT molecular complexity index is 195. The summed E-state index contributed by atoms with van der Waals surface area (Å²) < 4.78 is 52.7. The van der Waals surface area contributed by atoms with Crippen LogP contribution in [0.4, 0.5) is 17.6 Å². The number of nitrogens with zero attached hydrogens (tertiary/aromatic N) is 1. The van der Waals surface area contributed by atoms with Crippen molar-refractivity contribution in [3.05, 3.63) is 12.0 Å². The van der Waals surface area contributed by atoms with Gasteiger partial charge in [0, 0.05) is 13.1 Å². The summed E-state index contributed by atoms with van der Waals surface area (Å²) in [6.07, 6.45) is -4.93. The van der Waals surface area contributed by atoms with Crippen molar-refractivity contribution in [1.29, 1.82) is 0 Å². The lowest BCUT2D eigenvalue weighted by atomic mass is 10.4. The molecule has 0 bridgehead atoms. The van der Waals surface area contributed by atoms with Crippen molar-refractivity contribution in [2.75, 3.05) is 26.3 Å². The number of rotatable bonds is 1. The fourth-order valence-electron chi connectivity index (χ4n) is 1.00. The number of alkyl halides is 3. The SMILES string of the molecule is FC(=CC(F)(F)F)N1CCOCC1. The summed E-state index contributed by atoms with van der Waals surface area (Å²) in [5.74, 6) is -1.24. The summed E-state index contributed by atoms with van der Waals surface area (Å²) in [5.41, 5.74) is 0. The number of hydrogen-bond donors (Lipinski definition) is 0. The minimum Gasteiger partial charge on any atom is -0.378 e. The first-order valence-corrected chi connectivity index (χ1v) is 3.77. The van der Waals surface area contributed by atoms with Crippen molar-refractivity contribution in [3.8, 4) is 0 Å². The summed E-state index contributed by atoms with van der Waals surface area (Å²) >= 11 is 0. The van der Waals surface area contributed by atoms with Gasteiger partial charge in [-0.3, -0.25) is 0 Å². The number of ether oxygens (including phenoxy) is 1. The molecule has 1 saturated heterocycles. The quantitative estimate of drug-likeness (QED) is 0.470. The van der Waals surface area contributed by atoms with Crippen LogP contribution in [0.2, 0.25) is 0 Å². The molecule has 0 aliphatic carbocycles. The van der Waals surface area contributed by atoms with Gasteiger partial charge in [0.15, 0.2) is 5.95 Å². The summed E-state index contributed by atoms with van der Waals surface area (Å²) in [6.45, 7) is 0.856. The molecule has 1 aliphatic heterocycles. The van der Waals surface area contributed by atoms with Crippen molar-refractivity contribution in [2.24, 2.45) is 0 Å². The Labute approximate surface area is 72.8 Å². The van der Waals surface area contributed by atoms with E-state index in [1.807, 2.05) is 0 Å². The molecular formula is C7H9F4NO. The second kappa shape index (κ2) is 3.95. The van der Waals surface area contributed by atoms with Gasteiger partial charge >= 0.3 is 6.18 Å². The maximum absolute atomic E-state index is 12.8. The van der Waals surface area contributed by atoms with Crippen molar-refractivity contribution in [2.45, 2.75) is 6.18 Å². The largest absolute Gasteiger partial charge is 0.414 e. The Balaban J connectivity index is 2.54.